The third-order valence-electron chi connectivity index (χ3n) is 1.87. The van der Waals surface area contributed by atoms with Crippen molar-refractivity contribution in [2.75, 3.05) is 0 Å². The normalized spacial score (nSPS) is 9.56. The standard InChI is InChI=1S/C11H9N3O2.2Na/c15-8-4-5-9(10(16)7-8)13-14-11-3-1-2-6-12-11;;/h1-7,15-16H;;. The van der Waals surface area contributed by atoms with Gasteiger partial charge >= 0.3 is 0 Å². The number of rotatable bonds is 2. The number of aromatic hydroxyl groups is 2. The van der Waals surface area contributed by atoms with Crippen LogP contribution in [0.2, 0.25) is 0 Å². The van der Waals surface area contributed by atoms with E-state index in [0.717, 1.165) is 0 Å². The second kappa shape index (κ2) is 8.63. The molecule has 0 aliphatic rings. The Balaban J connectivity index is 0.00000144. The number of phenolic OH excluding ortho intramolecular Hbond substituents is 2. The molecule has 2 rings (SSSR count). The van der Waals surface area contributed by atoms with Crippen LogP contribution in [0.25, 0.3) is 0 Å². The summed E-state index contributed by atoms with van der Waals surface area (Å²) in [5.41, 5.74) is 0.281. The zero-order valence-electron chi connectivity index (χ0n) is 10.3. The Morgan fingerprint density at radius 1 is 0.944 bits per heavy atom. The molecule has 0 saturated heterocycles. The Morgan fingerprint density at radius 2 is 1.72 bits per heavy atom. The van der Waals surface area contributed by atoms with Gasteiger partial charge in [-0.2, -0.15) is 0 Å². The first-order valence-electron chi connectivity index (χ1n) is 4.60. The summed E-state index contributed by atoms with van der Waals surface area (Å²) in [5.74, 6) is 0.309. The van der Waals surface area contributed by atoms with Crippen LogP contribution in [0, 0.1) is 0 Å². The molecule has 0 aliphatic heterocycles. The van der Waals surface area contributed by atoms with Gasteiger partial charge in [0.25, 0.3) is 0 Å². The van der Waals surface area contributed by atoms with Gasteiger partial charge in [-0.15, -0.1) is 10.2 Å². The summed E-state index contributed by atoms with van der Waals surface area (Å²) < 4.78 is 0. The zero-order valence-corrected chi connectivity index (χ0v) is 14.3. The van der Waals surface area contributed by atoms with Crippen LogP contribution in [0.15, 0.2) is 52.8 Å². The van der Waals surface area contributed by atoms with Crippen molar-refractivity contribution in [3.8, 4) is 11.5 Å². The number of pyridine rings is 1. The van der Waals surface area contributed by atoms with Crippen molar-refractivity contribution in [2.24, 2.45) is 10.2 Å². The predicted molar refractivity (Wildman–Crippen MR) is 69.7 cm³/mol. The average Bonchev–Trinajstić information content (AvgIpc) is 2.29. The van der Waals surface area contributed by atoms with E-state index in [-0.39, 0.29) is 76.3 Å². The van der Waals surface area contributed by atoms with Gasteiger partial charge in [0.05, 0.1) is 0 Å². The van der Waals surface area contributed by atoms with Crippen LogP contribution in [0.4, 0.5) is 11.5 Å². The van der Waals surface area contributed by atoms with Gasteiger partial charge in [0.2, 0.25) is 0 Å². The van der Waals surface area contributed by atoms with Gasteiger partial charge in [0, 0.05) is 71.4 Å². The summed E-state index contributed by atoms with van der Waals surface area (Å²) in [7, 11) is 0. The Kier molecular flexibility index (Phi) is 8.43. The molecule has 0 fully saturated rings. The summed E-state index contributed by atoms with van der Waals surface area (Å²) in [6, 6.07) is 9.35. The van der Waals surface area contributed by atoms with Crippen molar-refractivity contribution in [3.63, 3.8) is 0 Å². The third kappa shape index (κ3) is 5.06. The van der Waals surface area contributed by atoms with Gasteiger partial charge in [0.15, 0.2) is 5.82 Å². The molecular weight excluding hydrogens is 252 g/mol. The van der Waals surface area contributed by atoms with Crippen molar-refractivity contribution in [1.82, 2.24) is 4.98 Å². The smallest absolute Gasteiger partial charge is 0.174 e. The van der Waals surface area contributed by atoms with E-state index in [4.69, 9.17) is 5.11 Å². The van der Waals surface area contributed by atoms with E-state index in [1.165, 1.54) is 18.2 Å². The number of azo groups is 1. The molecule has 0 aliphatic carbocycles. The van der Waals surface area contributed by atoms with Gasteiger partial charge in [-0.05, 0) is 24.3 Å². The minimum atomic E-state index is -0.125. The molecule has 18 heavy (non-hydrogen) atoms. The molecule has 5 nitrogen and oxygen atoms in total. The van der Waals surface area contributed by atoms with E-state index in [1.807, 2.05) is 0 Å². The van der Waals surface area contributed by atoms with E-state index in [9.17, 15) is 5.11 Å². The largest absolute Gasteiger partial charge is 0.508 e. The SMILES string of the molecule is Oc1ccc(N=Nc2ccccn2)c(O)c1.[Na].[Na]. The van der Waals surface area contributed by atoms with Gasteiger partial charge in [0.1, 0.15) is 17.2 Å². The molecule has 82 valence electrons. The molecule has 1 aromatic heterocycles. The number of benzene rings is 1. The summed E-state index contributed by atoms with van der Waals surface area (Å²) >= 11 is 0. The van der Waals surface area contributed by atoms with Crippen LogP contribution in [0.5, 0.6) is 11.5 Å². The Morgan fingerprint density at radius 3 is 2.33 bits per heavy atom. The molecule has 2 N–H and O–H groups in total. The molecule has 0 bridgehead atoms. The minimum absolute atomic E-state index is 0. The van der Waals surface area contributed by atoms with E-state index >= 15 is 0 Å². The van der Waals surface area contributed by atoms with Crippen molar-refractivity contribution >= 4 is 70.6 Å². The molecule has 0 unspecified atom stereocenters. The molecule has 0 amide bonds. The van der Waals surface area contributed by atoms with Crippen molar-refractivity contribution < 1.29 is 10.2 Å². The van der Waals surface area contributed by atoms with Crippen molar-refractivity contribution in [3.05, 3.63) is 42.6 Å². The van der Waals surface area contributed by atoms with Crippen molar-refractivity contribution in [2.45, 2.75) is 0 Å². The first-order valence-corrected chi connectivity index (χ1v) is 4.60. The van der Waals surface area contributed by atoms with Crippen LogP contribution >= 0.6 is 0 Å². The quantitative estimate of drug-likeness (QED) is 0.642. The molecule has 1 heterocycles. The molecule has 2 aromatic rings. The second-order valence-electron chi connectivity index (χ2n) is 3.06. The van der Waals surface area contributed by atoms with Crippen LogP contribution in [-0.2, 0) is 0 Å². The van der Waals surface area contributed by atoms with Crippen molar-refractivity contribution in [1.29, 1.82) is 0 Å². The second-order valence-corrected chi connectivity index (χ2v) is 3.06. The van der Waals surface area contributed by atoms with Crippen LogP contribution in [0.3, 0.4) is 0 Å². The minimum Gasteiger partial charge on any atom is -0.508 e. The third-order valence-corrected chi connectivity index (χ3v) is 1.87. The Bertz CT molecular complexity index is 521. The van der Waals surface area contributed by atoms with Gasteiger partial charge < -0.3 is 10.2 Å². The molecule has 1 aromatic carbocycles. The topological polar surface area (TPSA) is 78.1 Å². The fraction of sp³-hybridized carbons (Fsp3) is 0. The number of nitrogens with zero attached hydrogens (tertiary/aromatic N) is 3. The summed E-state index contributed by atoms with van der Waals surface area (Å²) in [6.07, 6.45) is 1.60. The average molecular weight is 261 g/mol. The Hall–Kier alpha value is -0.430. The molecule has 7 heteroatoms. The summed E-state index contributed by atoms with van der Waals surface area (Å²) in [5, 5.41) is 26.2. The maximum atomic E-state index is 9.44. The number of hydrogen-bond acceptors (Lipinski definition) is 5. The van der Waals surface area contributed by atoms with E-state index in [0.29, 0.717) is 5.82 Å². The molecular formula is C11H9N3Na2O2. The van der Waals surface area contributed by atoms with Crippen LogP contribution in [-0.4, -0.2) is 74.3 Å². The first kappa shape index (κ1) is 17.6. The van der Waals surface area contributed by atoms with Crippen LogP contribution < -0.4 is 0 Å². The van der Waals surface area contributed by atoms with Gasteiger partial charge in [-0.25, -0.2) is 4.98 Å². The predicted octanol–water partition coefficient (Wildman–Crippen LogP) is 2.15. The fourth-order valence-electron chi connectivity index (χ4n) is 1.11. The number of hydrogen-bond donors (Lipinski definition) is 2. The van der Waals surface area contributed by atoms with E-state index in [2.05, 4.69) is 15.2 Å². The van der Waals surface area contributed by atoms with E-state index < -0.39 is 0 Å². The van der Waals surface area contributed by atoms with Crippen LogP contribution in [0.1, 0.15) is 0 Å². The van der Waals surface area contributed by atoms with Gasteiger partial charge in [-0.1, -0.05) is 6.07 Å². The van der Waals surface area contributed by atoms with E-state index in [1.54, 1.807) is 24.4 Å². The Labute approximate surface area is 149 Å². The van der Waals surface area contributed by atoms with Gasteiger partial charge in [-0.3, -0.25) is 0 Å². The monoisotopic (exact) mass is 261 g/mol. The maximum absolute atomic E-state index is 9.44. The molecule has 0 spiro atoms. The summed E-state index contributed by atoms with van der Waals surface area (Å²) in [6.45, 7) is 0. The molecule has 0 atom stereocenters. The molecule has 0 saturated carbocycles. The zero-order chi connectivity index (χ0) is 11.4. The fourth-order valence-corrected chi connectivity index (χ4v) is 1.11. The molecule has 2 radical (unpaired) electrons. The number of phenols is 2. The maximum Gasteiger partial charge on any atom is 0.174 e. The first-order chi connectivity index (χ1) is 7.75. The number of aromatic nitrogens is 1. The summed E-state index contributed by atoms with van der Waals surface area (Å²) in [4.78, 5) is 3.95.